The number of hydrogen-bond donors (Lipinski definition) is 1. The van der Waals surface area contributed by atoms with Crippen LogP contribution in [0.3, 0.4) is 0 Å². The van der Waals surface area contributed by atoms with E-state index in [-0.39, 0.29) is 12.2 Å². The van der Waals surface area contributed by atoms with Crippen molar-refractivity contribution in [2.75, 3.05) is 0 Å². The van der Waals surface area contributed by atoms with E-state index in [4.69, 9.17) is 32.5 Å². The van der Waals surface area contributed by atoms with Crippen molar-refractivity contribution in [2.45, 2.75) is 63.3 Å². The van der Waals surface area contributed by atoms with E-state index in [2.05, 4.69) is 5.16 Å². The lowest BCUT2D eigenvalue weighted by atomic mass is 9.84. The molecule has 0 saturated heterocycles. The Hall–Kier alpha value is -1.07. The van der Waals surface area contributed by atoms with Gasteiger partial charge in [0.25, 0.3) is 0 Å². The summed E-state index contributed by atoms with van der Waals surface area (Å²) < 4.78 is 12.0. The zero-order valence-electron chi connectivity index (χ0n) is 15.0. The van der Waals surface area contributed by atoms with E-state index in [0.717, 1.165) is 49.8 Å². The van der Waals surface area contributed by atoms with Gasteiger partial charge in [-0.15, -0.1) is 0 Å². The molecule has 6 heteroatoms. The van der Waals surface area contributed by atoms with Gasteiger partial charge in [-0.05, 0) is 62.5 Å². The Kier molecular flexibility index (Phi) is 4.71. The van der Waals surface area contributed by atoms with Crippen molar-refractivity contribution in [1.82, 2.24) is 5.16 Å². The average Bonchev–Trinajstić information content (AvgIpc) is 3.38. The van der Waals surface area contributed by atoms with Gasteiger partial charge in [0.1, 0.15) is 11.5 Å². The molecule has 1 aromatic heterocycles. The minimum Gasteiger partial charge on any atom is -0.393 e. The summed E-state index contributed by atoms with van der Waals surface area (Å²) in [5, 5.41) is 15.7. The van der Waals surface area contributed by atoms with Crippen LogP contribution in [0.4, 0.5) is 0 Å². The predicted molar refractivity (Wildman–Crippen MR) is 104 cm³/mol. The maximum absolute atomic E-state index is 10.2. The number of halogens is 2. The van der Waals surface area contributed by atoms with Crippen molar-refractivity contribution >= 4 is 23.2 Å². The first-order chi connectivity index (χ1) is 13.1. The second-order valence-corrected chi connectivity index (χ2v) is 9.05. The van der Waals surface area contributed by atoms with Crippen molar-refractivity contribution < 1.29 is 14.4 Å². The van der Waals surface area contributed by atoms with E-state index in [9.17, 15) is 5.11 Å². The Balaban J connectivity index is 1.41. The van der Waals surface area contributed by atoms with Crippen LogP contribution in [0.2, 0.25) is 10.0 Å². The first-order valence-corrected chi connectivity index (χ1v) is 10.6. The highest BCUT2D eigenvalue weighted by molar-refractivity contribution is 6.39. The number of ether oxygens (including phenoxy) is 1. The van der Waals surface area contributed by atoms with Crippen molar-refractivity contribution in [3.8, 4) is 11.3 Å². The van der Waals surface area contributed by atoms with Gasteiger partial charge in [0, 0.05) is 17.0 Å². The number of nitrogens with zero attached hydrogens (tertiary/aromatic N) is 1. The van der Waals surface area contributed by atoms with Crippen LogP contribution in [0.15, 0.2) is 22.7 Å². The summed E-state index contributed by atoms with van der Waals surface area (Å²) in [7, 11) is 0. The summed E-state index contributed by atoms with van der Waals surface area (Å²) in [5.41, 5.74) is 2.39. The number of aromatic nitrogens is 1. The van der Waals surface area contributed by atoms with Crippen LogP contribution in [0.25, 0.3) is 11.3 Å². The lowest BCUT2D eigenvalue weighted by Crippen LogP contribution is -2.34. The predicted octanol–water partition coefficient (Wildman–Crippen LogP) is 5.59. The van der Waals surface area contributed by atoms with Gasteiger partial charge in [-0.2, -0.15) is 0 Å². The summed E-state index contributed by atoms with van der Waals surface area (Å²) in [6, 6.07) is 5.47. The first-order valence-electron chi connectivity index (χ1n) is 9.84. The van der Waals surface area contributed by atoms with E-state index in [1.54, 1.807) is 0 Å². The van der Waals surface area contributed by atoms with E-state index < -0.39 is 0 Å². The quantitative estimate of drug-likeness (QED) is 0.701. The zero-order chi connectivity index (χ0) is 18.5. The van der Waals surface area contributed by atoms with Gasteiger partial charge in [-0.25, -0.2) is 0 Å². The van der Waals surface area contributed by atoms with Gasteiger partial charge in [0.15, 0.2) is 0 Å². The van der Waals surface area contributed by atoms with Gasteiger partial charge in [0.2, 0.25) is 0 Å². The molecule has 0 amide bonds. The topological polar surface area (TPSA) is 55.5 Å². The molecule has 3 aliphatic rings. The molecule has 3 fully saturated rings. The molecule has 3 aliphatic carbocycles. The highest BCUT2D eigenvalue weighted by atomic mass is 35.5. The highest BCUT2D eigenvalue weighted by Crippen LogP contribution is 2.47. The van der Waals surface area contributed by atoms with Crippen LogP contribution in [0.1, 0.15) is 55.8 Å². The molecule has 27 heavy (non-hydrogen) atoms. The molecule has 1 heterocycles. The van der Waals surface area contributed by atoms with E-state index in [1.807, 2.05) is 18.2 Å². The minimum atomic E-state index is -0.139. The Bertz CT molecular complexity index is 814. The molecule has 0 radical (unpaired) electrons. The third kappa shape index (κ3) is 3.31. The van der Waals surface area contributed by atoms with E-state index in [1.165, 1.54) is 0 Å². The molecule has 4 nitrogen and oxygen atoms in total. The molecule has 144 valence electrons. The summed E-state index contributed by atoms with van der Waals surface area (Å²) in [6.07, 6.45) is 6.39. The van der Waals surface area contributed by atoms with Crippen LogP contribution in [-0.2, 0) is 11.3 Å². The molecule has 2 aromatic rings. The second kappa shape index (κ2) is 7.07. The smallest absolute Gasteiger partial charge is 0.145 e. The van der Waals surface area contributed by atoms with Crippen molar-refractivity contribution in [2.24, 2.45) is 11.8 Å². The molecular weight excluding hydrogens is 385 g/mol. The molecule has 0 aliphatic heterocycles. The molecule has 2 bridgehead atoms. The van der Waals surface area contributed by atoms with Gasteiger partial charge in [-0.3, -0.25) is 0 Å². The molecule has 0 unspecified atom stereocenters. The largest absolute Gasteiger partial charge is 0.393 e. The number of aliphatic hydroxyl groups is 1. The lowest BCUT2D eigenvalue weighted by Gasteiger charge is -2.32. The van der Waals surface area contributed by atoms with Gasteiger partial charge in [0.05, 0.1) is 28.9 Å². The third-order valence-electron chi connectivity index (χ3n) is 6.44. The Labute approximate surface area is 168 Å². The van der Waals surface area contributed by atoms with Crippen LogP contribution in [0, 0.1) is 11.8 Å². The SMILES string of the molecule is O[C@H]1[C@@H]2CC[C@H]1C[C@@H](OCc1c(-c3c(Cl)cccc3Cl)noc1C1CC1)C2. The molecule has 1 N–H and O–H groups in total. The lowest BCUT2D eigenvalue weighted by molar-refractivity contribution is -0.0472. The fourth-order valence-electron chi connectivity index (χ4n) is 4.83. The second-order valence-electron chi connectivity index (χ2n) is 8.24. The van der Waals surface area contributed by atoms with E-state index >= 15 is 0 Å². The minimum absolute atomic E-state index is 0.139. The van der Waals surface area contributed by atoms with Crippen molar-refractivity contribution in [1.29, 1.82) is 0 Å². The molecular formula is C21H23Cl2NO3. The monoisotopic (exact) mass is 407 g/mol. The fraction of sp³-hybridized carbons (Fsp3) is 0.571. The Morgan fingerprint density at radius 1 is 1.07 bits per heavy atom. The normalized spacial score (nSPS) is 30.0. The molecule has 1 aromatic carbocycles. The summed E-state index contributed by atoms with van der Waals surface area (Å²) in [4.78, 5) is 0. The molecule has 4 atom stereocenters. The van der Waals surface area contributed by atoms with Crippen LogP contribution < -0.4 is 0 Å². The van der Waals surface area contributed by atoms with Gasteiger partial charge in [-0.1, -0.05) is 34.4 Å². The first kappa shape index (κ1) is 18.0. The van der Waals surface area contributed by atoms with Gasteiger partial charge < -0.3 is 14.4 Å². The van der Waals surface area contributed by atoms with Crippen molar-refractivity contribution in [3.05, 3.63) is 39.6 Å². The van der Waals surface area contributed by atoms with Gasteiger partial charge >= 0.3 is 0 Å². The zero-order valence-corrected chi connectivity index (χ0v) is 16.5. The Morgan fingerprint density at radius 3 is 2.37 bits per heavy atom. The maximum atomic E-state index is 10.2. The number of benzene rings is 1. The summed E-state index contributed by atoms with van der Waals surface area (Å²) in [5.74, 6) is 2.11. The fourth-order valence-corrected chi connectivity index (χ4v) is 5.40. The standard InChI is InChI=1S/C21H23Cl2NO3/c22-16-2-1-3-17(23)18(16)19-15(21(27-24-19)11-4-5-11)10-26-14-8-12-6-7-13(9-14)20(12)25/h1-3,11-14,20,25H,4-10H2/t12-,13+,14+,20+. The molecule has 3 saturated carbocycles. The van der Waals surface area contributed by atoms with Crippen LogP contribution in [0.5, 0.6) is 0 Å². The Morgan fingerprint density at radius 2 is 1.74 bits per heavy atom. The van der Waals surface area contributed by atoms with Crippen molar-refractivity contribution in [3.63, 3.8) is 0 Å². The maximum Gasteiger partial charge on any atom is 0.145 e. The number of fused-ring (bicyclic) bond motifs is 2. The summed E-state index contributed by atoms with van der Waals surface area (Å²) in [6.45, 7) is 0.451. The third-order valence-corrected chi connectivity index (χ3v) is 7.07. The molecule has 5 rings (SSSR count). The number of hydrogen-bond acceptors (Lipinski definition) is 4. The highest BCUT2D eigenvalue weighted by Gasteiger charge is 2.42. The molecule has 0 spiro atoms. The van der Waals surface area contributed by atoms with Crippen LogP contribution in [-0.4, -0.2) is 22.5 Å². The number of aliphatic hydroxyl groups excluding tert-OH is 1. The van der Waals surface area contributed by atoms with Crippen LogP contribution >= 0.6 is 23.2 Å². The number of rotatable bonds is 5. The van der Waals surface area contributed by atoms with E-state index in [0.29, 0.717) is 45.7 Å². The average molecular weight is 408 g/mol. The summed E-state index contributed by atoms with van der Waals surface area (Å²) >= 11 is 12.8.